The summed E-state index contributed by atoms with van der Waals surface area (Å²) < 4.78 is 15.8. The summed E-state index contributed by atoms with van der Waals surface area (Å²) in [6, 6.07) is 1.59. The Morgan fingerprint density at radius 3 is 3.00 bits per heavy atom. The number of furan rings is 1. The van der Waals surface area contributed by atoms with Crippen LogP contribution in [0.4, 0.5) is 4.39 Å². The molecule has 0 aliphatic carbocycles. The molecule has 0 radical (unpaired) electrons. The highest BCUT2D eigenvalue weighted by Gasteiger charge is 1.82. The van der Waals surface area contributed by atoms with Crippen LogP contribution >= 0.6 is 0 Å². The van der Waals surface area contributed by atoms with E-state index in [1.54, 1.807) is 6.07 Å². The molecule has 1 heterocycles. The van der Waals surface area contributed by atoms with Crippen molar-refractivity contribution in [2.45, 2.75) is 0 Å². The molecule has 0 bridgehead atoms. The van der Waals surface area contributed by atoms with E-state index in [9.17, 15) is 4.39 Å². The van der Waals surface area contributed by atoms with Crippen molar-refractivity contribution in [3.05, 3.63) is 24.2 Å². The van der Waals surface area contributed by atoms with Gasteiger partial charge in [0.2, 0.25) is 0 Å². The third kappa shape index (κ3) is 0.881. The van der Waals surface area contributed by atoms with E-state index in [-0.39, 0.29) is 0 Å². The van der Waals surface area contributed by atoms with Crippen molar-refractivity contribution >= 4 is 0 Å². The molecule has 1 rings (SSSR count). The Kier molecular flexibility index (Phi) is 1.34. The molecule has 1 nitrogen and oxygen atoms in total. The summed E-state index contributed by atoms with van der Waals surface area (Å²) >= 11 is 0. The molecule has 1 aromatic heterocycles. The molecule has 0 N–H and O–H groups in total. The fourth-order valence-corrected chi connectivity index (χ4v) is 0.390. The quantitative estimate of drug-likeness (QED) is 0.462. The van der Waals surface area contributed by atoms with Gasteiger partial charge in [-0.05, 0) is 12.0 Å². The zero-order valence-electron chi connectivity index (χ0n) is 4.02. The maximum atomic E-state index is 11.2. The van der Waals surface area contributed by atoms with Gasteiger partial charge in [0.05, 0.1) is 11.8 Å². The van der Waals surface area contributed by atoms with Crippen LogP contribution in [0, 0.1) is 12.1 Å². The largest absolute Gasteiger partial charge is 0.471 e. The molecule has 0 unspecified atom stereocenters. The number of rotatable bonds is 0. The standard InChI is InChI=1S/C6H3FO/c7-3-1-6-2-4-8-5-6/h2,4-5H. The molecular formula is C6H3FO. The van der Waals surface area contributed by atoms with Crippen molar-refractivity contribution < 1.29 is 8.81 Å². The van der Waals surface area contributed by atoms with E-state index in [4.69, 9.17) is 0 Å². The van der Waals surface area contributed by atoms with Crippen LogP contribution in [0.2, 0.25) is 0 Å². The monoisotopic (exact) mass is 110 g/mol. The van der Waals surface area contributed by atoms with Gasteiger partial charge in [-0.15, -0.1) is 4.39 Å². The minimum atomic E-state index is 0.563. The van der Waals surface area contributed by atoms with Crippen LogP contribution in [-0.4, -0.2) is 0 Å². The van der Waals surface area contributed by atoms with Gasteiger partial charge in [0.15, 0.2) is 0 Å². The van der Waals surface area contributed by atoms with E-state index in [2.05, 4.69) is 10.3 Å². The Hall–Kier alpha value is -1.23. The van der Waals surface area contributed by atoms with Crippen molar-refractivity contribution in [3.8, 4) is 12.1 Å². The summed E-state index contributed by atoms with van der Waals surface area (Å²) in [4.78, 5) is 0. The minimum absolute atomic E-state index is 0.563. The van der Waals surface area contributed by atoms with Gasteiger partial charge in [-0.25, -0.2) is 0 Å². The summed E-state index contributed by atoms with van der Waals surface area (Å²) in [5.41, 5.74) is 0.563. The Bertz CT molecular complexity index is 202. The molecule has 1 aromatic rings. The molecule has 0 spiro atoms. The highest BCUT2D eigenvalue weighted by Crippen LogP contribution is 1.95. The second kappa shape index (κ2) is 2.17. The topological polar surface area (TPSA) is 13.1 Å². The van der Waals surface area contributed by atoms with Crippen LogP contribution in [-0.2, 0) is 0 Å². The second-order valence-corrected chi connectivity index (χ2v) is 1.23. The molecule has 0 atom stereocenters. The van der Waals surface area contributed by atoms with Crippen molar-refractivity contribution in [2.24, 2.45) is 0 Å². The van der Waals surface area contributed by atoms with Gasteiger partial charge < -0.3 is 4.42 Å². The van der Waals surface area contributed by atoms with Gasteiger partial charge in [0.25, 0.3) is 0 Å². The smallest absolute Gasteiger partial charge is 0.111 e. The average molecular weight is 110 g/mol. The van der Waals surface area contributed by atoms with Crippen molar-refractivity contribution in [3.63, 3.8) is 0 Å². The van der Waals surface area contributed by atoms with Crippen LogP contribution in [0.1, 0.15) is 5.56 Å². The Morgan fingerprint density at radius 1 is 1.62 bits per heavy atom. The second-order valence-electron chi connectivity index (χ2n) is 1.23. The Balaban J connectivity index is 2.88. The lowest BCUT2D eigenvalue weighted by molar-refractivity contribution is 0.566. The normalized spacial score (nSPS) is 7.62. The molecule has 0 aromatic carbocycles. The van der Waals surface area contributed by atoms with E-state index in [1.807, 2.05) is 0 Å². The third-order valence-corrected chi connectivity index (χ3v) is 0.713. The Labute approximate surface area is 46.1 Å². The van der Waals surface area contributed by atoms with Crippen LogP contribution in [0.15, 0.2) is 23.0 Å². The first-order valence-electron chi connectivity index (χ1n) is 2.07. The predicted octanol–water partition coefficient (Wildman–Crippen LogP) is 1.56. The van der Waals surface area contributed by atoms with Gasteiger partial charge in [-0.1, -0.05) is 0 Å². The molecule has 0 amide bonds. The zero-order chi connectivity index (χ0) is 5.82. The minimum Gasteiger partial charge on any atom is -0.471 e. The molecule has 0 fully saturated rings. The molecule has 0 saturated carbocycles. The molecule has 0 aliphatic heterocycles. The lowest BCUT2D eigenvalue weighted by Crippen LogP contribution is -1.57. The maximum absolute atomic E-state index is 11.2. The molecule has 0 saturated heterocycles. The van der Waals surface area contributed by atoms with Crippen molar-refractivity contribution in [2.75, 3.05) is 0 Å². The van der Waals surface area contributed by atoms with Crippen molar-refractivity contribution in [1.82, 2.24) is 0 Å². The summed E-state index contributed by atoms with van der Waals surface area (Å²) in [6.45, 7) is 0. The average Bonchev–Trinajstić information content (AvgIpc) is 2.19. The van der Waals surface area contributed by atoms with Crippen molar-refractivity contribution in [1.29, 1.82) is 0 Å². The summed E-state index contributed by atoms with van der Waals surface area (Å²) in [5, 5.41) is 0. The van der Waals surface area contributed by atoms with Gasteiger partial charge in [0, 0.05) is 0 Å². The highest BCUT2D eigenvalue weighted by molar-refractivity contribution is 5.28. The van der Waals surface area contributed by atoms with Gasteiger partial charge in [0.1, 0.15) is 12.4 Å². The SMILES string of the molecule is FC#Cc1ccoc1. The molecular weight excluding hydrogens is 107 g/mol. The van der Waals surface area contributed by atoms with Crippen LogP contribution in [0.25, 0.3) is 0 Å². The first-order valence-corrected chi connectivity index (χ1v) is 2.07. The molecule has 0 aliphatic rings. The molecule has 2 heteroatoms. The number of halogens is 1. The fourth-order valence-electron chi connectivity index (χ4n) is 0.390. The first kappa shape index (κ1) is 4.92. The zero-order valence-corrected chi connectivity index (χ0v) is 4.02. The number of hydrogen-bond acceptors (Lipinski definition) is 1. The lowest BCUT2D eigenvalue weighted by Gasteiger charge is -1.65. The van der Waals surface area contributed by atoms with Gasteiger partial charge in [-0.3, -0.25) is 0 Å². The van der Waals surface area contributed by atoms with Gasteiger partial charge >= 0.3 is 0 Å². The summed E-state index contributed by atoms with van der Waals surface area (Å²) in [7, 11) is 0. The molecule has 8 heavy (non-hydrogen) atoms. The third-order valence-electron chi connectivity index (χ3n) is 0.713. The summed E-state index contributed by atoms with van der Waals surface area (Å²) in [6.07, 6.45) is 4.09. The number of hydrogen-bond donors (Lipinski definition) is 0. The van der Waals surface area contributed by atoms with E-state index < -0.39 is 0 Å². The fraction of sp³-hybridized carbons (Fsp3) is 0. The van der Waals surface area contributed by atoms with Gasteiger partial charge in [-0.2, -0.15) is 0 Å². The van der Waals surface area contributed by atoms with Crippen LogP contribution in [0.5, 0.6) is 0 Å². The summed E-state index contributed by atoms with van der Waals surface area (Å²) in [5.74, 6) is 2.18. The van der Waals surface area contributed by atoms with Crippen LogP contribution in [0.3, 0.4) is 0 Å². The van der Waals surface area contributed by atoms with E-state index >= 15 is 0 Å². The van der Waals surface area contributed by atoms with E-state index in [1.165, 1.54) is 18.7 Å². The lowest BCUT2D eigenvalue weighted by atomic mass is 10.4. The molecule has 40 valence electrons. The van der Waals surface area contributed by atoms with Crippen LogP contribution < -0.4 is 0 Å². The Morgan fingerprint density at radius 2 is 2.50 bits per heavy atom. The highest BCUT2D eigenvalue weighted by atomic mass is 19.1. The predicted molar refractivity (Wildman–Crippen MR) is 26.7 cm³/mol. The maximum Gasteiger partial charge on any atom is 0.111 e. The first-order chi connectivity index (χ1) is 3.93. The van der Waals surface area contributed by atoms with E-state index in [0.29, 0.717) is 5.56 Å². The van der Waals surface area contributed by atoms with E-state index in [0.717, 1.165) is 0 Å².